The third-order valence-corrected chi connectivity index (χ3v) is 3.21. The molecule has 0 saturated heterocycles. The summed E-state index contributed by atoms with van der Waals surface area (Å²) in [6, 6.07) is 5.57. The van der Waals surface area contributed by atoms with E-state index in [9.17, 15) is 4.79 Å². The highest BCUT2D eigenvalue weighted by Crippen LogP contribution is 2.37. The Labute approximate surface area is 103 Å². The molecule has 5 heteroatoms. The van der Waals surface area contributed by atoms with E-state index in [4.69, 9.17) is 11.6 Å². The van der Waals surface area contributed by atoms with Crippen molar-refractivity contribution >= 4 is 23.2 Å². The van der Waals surface area contributed by atoms with Crippen molar-refractivity contribution in [2.45, 2.75) is 12.3 Å². The lowest BCUT2D eigenvalue weighted by Gasteiger charge is -2.24. The Morgan fingerprint density at radius 2 is 2.29 bits per heavy atom. The Balaban J connectivity index is 2.11. The van der Waals surface area contributed by atoms with Crippen molar-refractivity contribution in [1.82, 2.24) is 10.2 Å². The molecule has 1 aliphatic heterocycles. The smallest absolute Gasteiger partial charge is 0.225 e. The molecular formula is C12H10ClN3O. The number of nitrogens with zero attached hydrogens (tertiary/aromatic N) is 1. The van der Waals surface area contributed by atoms with Gasteiger partial charge >= 0.3 is 0 Å². The van der Waals surface area contributed by atoms with Gasteiger partial charge in [0.1, 0.15) is 0 Å². The Hall–Kier alpha value is -1.81. The summed E-state index contributed by atoms with van der Waals surface area (Å²) in [5.41, 5.74) is 2.89. The normalized spacial score (nSPS) is 18.6. The molecule has 0 fully saturated rings. The third-order valence-electron chi connectivity index (χ3n) is 2.98. The van der Waals surface area contributed by atoms with Crippen LogP contribution >= 0.6 is 11.6 Å². The SMILES string of the molecule is O=C1CC(c2cn[nH]c2)c2ccc(Cl)cc2N1. The first-order chi connectivity index (χ1) is 8.24. The van der Waals surface area contributed by atoms with Gasteiger partial charge in [-0.25, -0.2) is 0 Å². The fraction of sp³-hybridized carbons (Fsp3) is 0.167. The molecule has 1 aromatic heterocycles. The fourth-order valence-corrected chi connectivity index (χ4v) is 2.36. The molecule has 4 nitrogen and oxygen atoms in total. The second-order valence-electron chi connectivity index (χ2n) is 4.07. The largest absolute Gasteiger partial charge is 0.326 e. The molecule has 3 rings (SSSR count). The first-order valence-corrected chi connectivity index (χ1v) is 5.70. The van der Waals surface area contributed by atoms with E-state index >= 15 is 0 Å². The first kappa shape index (κ1) is 10.4. The van der Waals surface area contributed by atoms with Crippen molar-refractivity contribution in [3.05, 3.63) is 46.7 Å². The summed E-state index contributed by atoms with van der Waals surface area (Å²) in [5.74, 6) is 0.0562. The van der Waals surface area contributed by atoms with Crippen LogP contribution in [0.25, 0.3) is 0 Å². The minimum absolute atomic E-state index is 0.00552. The fourth-order valence-electron chi connectivity index (χ4n) is 2.19. The molecule has 1 atom stereocenters. The molecular weight excluding hydrogens is 238 g/mol. The van der Waals surface area contributed by atoms with E-state index in [0.717, 1.165) is 16.8 Å². The summed E-state index contributed by atoms with van der Waals surface area (Å²) in [6.07, 6.45) is 4.01. The second kappa shape index (κ2) is 3.89. The molecule has 86 valence electrons. The van der Waals surface area contributed by atoms with Crippen molar-refractivity contribution in [3.8, 4) is 0 Å². The predicted molar refractivity (Wildman–Crippen MR) is 65.1 cm³/mol. The summed E-state index contributed by atoms with van der Waals surface area (Å²) in [5, 5.41) is 10.2. The van der Waals surface area contributed by atoms with Gasteiger partial charge in [0.2, 0.25) is 5.91 Å². The van der Waals surface area contributed by atoms with Gasteiger partial charge in [0, 0.05) is 29.2 Å². The minimum atomic E-state index is 0.00552. The molecule has 1 amide bonds. The number of fused-ring (bicyclic) bond motifs is 1. The molecule has 0 aliphatic carbocycles. The Bertz CT molecular complexity index is 565. The highest BCUT2D eigenvalue weighted by Gasteiger charge is 2.26. The van der Waals surface area contributed by atoms with E-state index in [1.807, 2.05) is 18.3 Å². The van der Waals surface area contributed by atoms with Crippen LogP contribution in [0.2, 0.25) is 5.02 Å². The zero-order valence-electron chi connectivity index (χ0n) is 8.90. The van der Waals surface area contributed by atoms with Crippen LogP contribution in [0.4, 0.5) is 5.69 Å². The van der Waals surface area contributed by atoms with Gasteiger partial charge in [0.05, 0.1) is 6.20 Å². The number of aromatic amines is 1. The number of H-pyrrole nitrogens is 1. The van der Waals surface area contributed by atoms with Crippen LogP contribution in [0.5, 0.6) is 0 Å². The molecule has 2 aromatic rings. The predicted octanol–water partition coefficient (Wildman–Crippen LogP) is 2.54. The lowest BCUT2D eigenvalue weighted by Crippen LogP contribution is -2.23. The van der Waals surface area contributed by atoms with Gasteiger partial charge in [-0.15, -0.1) is 0 Å². The van der Waals surface area contributed by atoms with Crippen molar-refractivity contribution in [3.63, 3.8) is 0 Å². The van der Waals surface area contributed by atoms with Gasteiger partial charge in [0.25, 0.3) is 0 Å². The van der Waals surface area contributed by atoms with Crippen LogP contribution in [0.1, 0.15) is 23.5 Å². The highest BCUT2D eigenvalue weighted by molar-refractivity contribution is 6.31. The van der Waals surface area contributed by atoms with Crippen molar-refractivity contribution in [1.29, 1.82) is 0 Å². The average Bonchev–Trinajstić information content (AvgIpc) is 2.80. The number of hydrogen-bond donors (Lipinski definition) is 2. The maximum atomic E-state index is 11.7. The molecule has 17 heavy (non-hydrogen) atoms. The summed E-state index contributed by atoms with van der Waals surface area (Å²) in [6.45, 7) is 0. The van der Waals surface area contributed by atoms with E-state index in [-0.39, 0.29) is 11.8 Å². The number of nitrogens with one attached hydrogen (secondary N) is 2. The van der Waals surface area contributed by atoms with Crippen LogP contribution in [0.3, 0.4) is 0 Å². The van der Waals surface area contributed by atoms with Gasteiger partial charge in [-0.1, -0.05) is 17.7 Å². The molecule has 1 aromatic carbocycles. The van der Waals surface area contributed by atoms with Gasteiger partial charge in [-0.05, 0) is 23.3 Å². The van der Waals surface area contributed by atoms with Crippen LogP contribution in [-0.4, -0.2) is 16.1 Å². The maximum Gasteiger partial charge on any atom is 0.225 e. The Morgan fingerprint density at radius 3 is 3.06 bits per heavy atom. The molecule has 2 N–H and O–H groups in total. The first-order valence-electron chi connectivity index (χ1n) is 5.32. The molecule has 0 radical (unpaired) electrons. The number of aromatic nitrogens is 2. The average molecular weight is 248 g/mol. The van der Waals surface area contributed by atoms with Crippen molar-refractivity contribution in [2.24, 2.45) is 0 Å². The summed E-state index contributed by atoms with van der Waals surface area (Å²) < 4.78 is 0. The minimum Gasteiger partial charge on any atom is -0.326 e. The lowest BCUT2D eigenvalue weighted by atomic mass is 9.86. The number of carbonyl (C=O) groups is 1. The number of carbonyl (C=O) groups excluding carboxylic acids is 1. The van der Waals surface area contributed by atoms with Crippen LogP contribution in [0, 0.1) is 0 Å². The highest BCUT2D eigenvalue weighted by atomic mass is 35.5. The van der Waals surface area contributed by atoms with Crippen LogP contribution in [-0.2, 0) is 4.79 Å². The van der Waals surface area contributed by atoms with Gasteiger partial charge in [-0.3, -0.25) is 9.89 Å². The Morgan fingerprint density at radius 1 is 1.41 bits per heavy atom. The van der Waals surface area contributed by atoms with E-state index < -0.39 is 0 Å². The summed E-state index contributed by atoms with van der Waals surface area (Å²) in [4.78, 5) is 11.7. The van der Waals surface area contributed by atoms with Gasteiger partial charge < -0.3 is 5.32 Å². The summed E-state index contributed by atoms with van der Waals surface area (Å²) >= 11 is 5.93. The molecule has 1 aliphatic rings. The zero-order chi connectivity index (χ0) is 11.8. The van der Waals surface area contributed by atoms with Gasteiger partial charge in [0.15, 0.2) is 0 Å². The topological polar surface area (TPSA) is 57.8 Å². The monoisotopic (exact) mass is 247 g/mol. The summed E-state index contributed by atoms with van der Waals surface area (Å²) in [7, 11) is 0. The number of amides is 1. The number of anilines is 1. The van der Waals surface area contributed by atoms with Crippen molar-refractivity contribution < 1.29 is 4.79 Å². The maximum absolute atomic E-state index is 11.7. The lowest BCUT2D eigenvalue weighted by molar-refractivity contribution is -0.116. The van der Waals surface area contributed by atoms with Crippen LogP contribution in [0.15, 0.2) is 30.6 Å². The molecule has 1 unspecified atom stereocenters. The number of halogens is 1. The molecule has 2 heterocycles. The number of benzene rings is 1. The quantitative estimate of drug-likeness (QED) is 0.814. The number of rotatable bonds is 1. The molecule has 0 saturated carbocycles. The van der Waals surface area contributed by atoms with E-state index in [0.29, 0.717) is 11.4 Å². The van der Waals surface area contributed by atoms with Crippen LogP contribution < -0.4 is 5.32 Å². The van der Waals surface area contributed by atoms with E-state index in [1.165, 1.54) is 0 Å². The Kier molecular flexibility index (Phi) is 2.37. The molecule has 0 bridgehead atoms. The molecule has 0 spiro atoms. The van der Waals surface area contributed by atoms with Crippen molar-refractivity contribution in [2.75, 3.05) is 5.32 Å². The van der Waals surface area contributed by atoms with E-state index in [1.54, 1.807) is 12.3 Å². The standard InChI is InChI=1S/C12H10ClN3O/c13-8-1-2-9-10(7-5-14-15-6-7)4-12(17)16-11(9)3-8/h1-3,5-6,10H,4H2,(H,14,15)(H,16,17). The van der Waals surface area contributed by atoms with E-state index in [2.05, 4.69) is 15.5 Å². The third kappa shape index (κ3) is 1.80. The zero-order valence-corrected chi connectivity index (χ0v) is 9.66. The van der Waals surface area contributed by atoms with Gasteiger partial charge in [-0.2, -0.15) is 5.10 Å². The number of hydrogen-bond acceptors (Lipinski definition) is 2. The second-order valence-corrected chi connectivity index (χ2v) is 4.50.